The number of benzene rings is 1. The molecule has 3 heteroatoms. The molecule has 0 saturated carbocycles. The van der Waals surface area contributed by atoms with Crippen LogP contribution in [0.2, 0.25) is 0 Å². The molecule has 19 heavy (non-hydrogen) atoms. The lowest BCUT2D eigenvalue weighted by Gasteiger charge is -2.22. The van der Waals surface area contributed by atoms with Gasteiger partial charge in [0.2, 0.25) is 0 Å². The smallest absolute Gasteiger partial charge is 0.112 e. The van der Waals surface area contributed by atoms with Crippen LogP contribution in [-0.4, -0.2) is 16.8 Å². The van der Waals surface area contributed by atoms with Gasteiger partial charge >= 0.3 is 0 Å². The largest absolute Gasteiger partial charge is 0.399 e. The molecule has 0 bridgehead atoms. The Labute approximate surface area is 115 Å². The highest BCUT2D eigenvalue weighted by Crippen LogP contribution is 2.21. The maximum atomic E-state index is 5.71. The van der Waals surface area contributed by atoms with Crippen LogP contribution in [0.4, 0.5) is 5.69 Å². The van der Waals surface area contributed by atoms with Crippen molar-refractivity contribution in [2.75, 3.05) is 12.8 Å². The Morgan fingerprint density at radius 3 is 2.58 bits per heavy atom. The van der Waals surface area contributed by atoms with E-state index in [1.807, 2.05) is 12.1 Å². The van der Waals surface area contributed by atoms with Crippen molar-refractivity contribution in [3.05, 3.63) is 66.3 Å². The predicted octanol–water partition coefficient (Wildman–Crippen LogP) is 3.30. The standard InChI is InChI=1S/C16H21N3/c1-3-4-5-6-16-18(2)11-12-19(16)13-14-7-9-15(17)10-8-14/h4-12H,3,13,17H2,1-2H3/b5-4+,16-6+. The fourth-order valence-electron chi connectivity index (χ4n) is 1.99. The molecule has 2 N–H and O–H groups in total. The Kier molecular flexibility index (Phi) is 4.29. The molecule has 1 aromatic carbocycles. The third kappa shape index (κ3) is 3.41. The third-order valence-corrected chi connectivity index (χ3v) is 3.08. The molecule has 0 fully saturated rings. The normalized spacial score (nSPS) is 17.1. The van der Waals surface area contributed by atoms with E-state index in [2.05, 4.69) is 66.5 Å². The minimum absolute atomic E-state index is 0.805. The van der Waals surface area contributed by atoms with Crippen molar-refractivity contribution >= 4 is 5.69 Å². The molecule has 1 heterocycles. The van der Waals surface area contributed by atoms with Gasteiger partial charge in [-0.05, 0) is 30.2 Å². The van der Waals surface area contributed by atoms with Gasteiger partial charge < -0.3 is 15.5 Å². The van der Waals surface area contributed by atoms with E-state index in [9.17, 15) is 0 Å². The van der Waals surface area contributed by atoms with Crippen LogP contribution in [0.25, 0.3) is 0 Å². The second kappa shape index (κ2) is 6.14. The summed E-state index contributed by atoms with van der Waals surface area (Å²) >= 11 is 0. The number of nitrogens with two attached hydrogens (primary N) is 1. The van der Waals surface area contributed by atoms with E-state index in [1.54, 1.807) is 0 Å². The van der Waals surface area contributed by atoms with Gasteiger partial charge in [0.05, 0.1) is 0 Å². The van der Waals surface area contributed by atoms with Gasteiger partial charge in [-0.1, -0.05) is 31.2 Å². The molecule has 0 radical (unpaired) electrons. The molecule has 0 amide bonds. The highest BCUT2D eigenvalue weighted by molar-refractivity contribution is 5.39. The Hall–Kier alpha value is -2.16. The molecule has 100 valence electrons. The zero-order valence-corrected chi connectivity index (χ0v) is 11.6. The van der Waals surface area contributed by atoms with Gasteiger partial charge in [0.25, 0.3) is 0 Å². The van der Waals surface area contributed by atoms with Crippen molar-refractivity contribution in [2.24, 2.45) is 0 Å². The lowest BCUT2D eigenvalue weighted by atomic mass is 10.2. The molecule has 0 aromatic heterocycles. The summed E-state index contributed by atoms with van der Waals surface area (Å²) in [7, 11) is 2.06. The van der Waals surface area contributed by atoms with Gasteiger partial charge in [-0.2, -0.15) is 0 Å². The Bertz CT molecular complexity index is 497. The summed E-state index contributed by atoms with van der Waals surface area (Å²) in [5.74, 6) is 1.18. The first-order valence-electron chi connectivity index (χ1n) is 6.59. The third-order valence-electron chi connectivity index (χ3n) is 3.08. The van der Waals surface area contributed by atoms with E-state index in [0.29, 0.717) is 0 Å². The van der Waals surface area contributed by atoms with E-state index < -0.39 is 0 Å². The SMILES string of the molecule is CC/C=C/C=C1\N(C)C=CN1Cc1ccc(N)cc1. The summed E-state index contributed by atoms with van der Waals surface area (Å²) < 4.78 is 0. The number of anilines is 1. The zero-order chi connectivity index (χ0) is 13.7. The first kappa shape index (κ1) is 13.3. The minimum atomic E-state index is 0.805. The van der Waals surface area contributed by atoms with Crippen molar-refractivity contribution < 1.29 is 0 Å². The Morgan fingerprint density at radius 2 is 1.89 bits per heavy atom. The van der Waals surface area contributed by atoms with Crippen LogP contribution in [0.15, 0.2) is 60.7 Å². The maximum Gasteiger partial charge on any atom is 0.112 e. The molecule has 1 aliphatic rings. The molecule has 1 aliphatic heterocycles. The maximum absolute atomic E-state index is 5.71. The lowest BCUT2D eigenvalue weighted by Crippen LogP contribution is -2.19. The van der Waals surface area contributed by atoms with Gasteiger partial charge in [-0.15, -0.1) is 0 Å². The number of nitrogen functional groups attached to an aromatic ring is 1. The minimum Gasteiger partial charge on any atom is -0.399 e. The second-order valence-electron chi connectivity index (χ2n) is 4.64. The average Bonchev–Trinajstić information content (AvgIpc) is 2.74. The van der Waals surface area contributed by atoms with E-state index in [-0.39, 0.29) is 0 Å². The van der Waals surface area contributed by atoms with Crippen molar-refractivity contribution in [3.8, 4) is 0 Å². The number of nitrogens with zero attached hydrogens (tertiary/aromatic N) is 2. The van der Waals surface area contributed by atoms with Crippen LogP contribution < -0.4 is 5.73 Å². The van der Waals surface area contributed by atoms with Crippen molar-refractivity contribution in [1.82, 2.24) is 9.80 Å². The fourth-order valence-corrected chi connectivity index (χ4v) is 1.99. The summed E-state index contributed by atoms with van der Waals surface area (Å²) in [6, 6.07) is 8.03. The number of allylic oxidation sites excluding steroid dienone is 3. The molecule has 0 unspecified atom stereocenters. The quantitative estimate of drug-likeness (QED) is 0.838. The van der Waals surface area contributed by atoms with Crippen LogP contribution in [0, 0.1) is 0 Å². The lowest BCUT2D eigenvalue weighted by molar-refractivity contribution is 0.387. The zero-order valence-electron chi connectivity index (χ0n) is 11.6. The summed E-state index contributed by atoms with van der Waals surface area (Å²) in [6.45, 7) is 2.99. The molecule has 3 nitrogen and oxygen atoms in total. The summed E-state index contributed by atoms with van der Waals surface area (Å²) in [4.78, 5) is 4.35. The average molecular weight is 255 g/mol. The molecule has 0 atom stereocenters. The number of rotatable bonds is 4. The molecule has 1 aromatic rings. The van der Waals surface area contributed by atoms with Crippen LogP contribution in [0.5, 0.6) is 0 Å². The highest BCUT2D eigenvalue weighted by atomic mass is 15.3. The number of hydrogen-bond acceptors (Lipinski definition) is 3. The second-order valence-corrected chi connectivity index (χ2v) is 4.64. The van der Waals surface area contributed by atoms with E-state index in [1.165, 1.54) is 11.4 Å². The van der Waals surface area contributed by atoms with Gasteiger partial charge in [0.15, 0.2) is 0 Å². The van der Waals surface area contributed by atoms with Crippen LogP contribution in [0.1, 0.15) is 18.9 Å². The van der Waals surface area contributed by atoms with Crippen molar-refractivity contribution in [2.45, 2.75) is 19.9 Å². The monoisotopic (exact) mass is 255 g/mol. The summed E-state index contributed by atoms with van der Waals surface area (Å²) in [6.07, 6.45) is 11.6. The van der Waals surface area contributed by atoms with Crippen molar-refractivity contribution in [3.63, 3.8) is 0 Å². The molecular formula is C16H21N3. The number of hydrogen-bond donors (Lipinski definition) is 1. The van der Waals surface area contributed by atoms with Gasteiger partial charge in [0, 0.05) is 31.7 Å². The first-order valence-corrected chi connectivity index (χ1v) is 6.59. The fraction of sp³-hybridized carbons (Fsp3) is 0.250. The van der Waals surface area contributed by atoms with E-state index in [0.717, 1.165) is 18.7 Å². The topological polar surface area (TPSA) is 32.5 Å². The van der Waals surface area contributed by atoms with Crippen LogP contribution >= 0.6 is 0 Å². The van der Waals surface area contributed by atoms with Gasteiger partial charge in [-0.25, -0.2) is 0 Å². The van der Waals surface area contributed by atoms with Crippen LogP contribution in [0.3, 0.4) is 0 Å². The summed E-state index contributed by atoms with van der Waals surface area (Å²) in [5.41, 5.74) is 7.76. The van der Waals surface area contributed by atoms with Gasteiger partial charge in [0.1, 0.15) is 5.82 Å². The Balaban J connectivity index is 2.10. The molecule has 0 spiro atoms. The predicted molar refractivity (Wildman–Crippen MR) is 80.8 cm³/mol. The van der Waals surface area contributed by atoms with E-state index >= 15 is 0 Å². The molecule has 0 aliphatic carbocycles. The molecule has 0 saturated heterocycles. The first-order chi connectivity index (χ1) is 9.20. The molecule has 2 rings (SSSR count). The van der Waals surface area contributed by atoms with Crippen LogP contribution in [-0.2, 0) is 6.54 Å². The summed E-state index contributed by atoms with van der Waals surface area (Å²) in [5, 5.41) is 0. The highest BCUT2D eigenvalue weighted by Gasteiger charge is 2.15. The van der Waals surface area contributed by atoms with E-state index in [4.69, 9.17) is 5.73 Å². The molecular weight excluding hydrogens is 234 g/mol. The van der Waals surface area contributed by atoms with Crippen molar-refractivity contribution in [1.29, 1.82) is 0 Å². The Morgan fingerprint density at radius 1 is 1.16 bits per heavy atom. The van der Waals surface area contributed by atoms with Gasteiger partial charge in [-0.3, -0.25) is 0 Å².